The lowest BCUT2D eigenvalue weighted by Crippen LogP contribution is -2.43. The number of benzene rings is 1. The van der Waals surface area contributed by atoms with Crippen LogP contribution in [0.4, 0.5) is 0 Å². The molecule has 0 aliphatic carbocycles. The van der Waals surface area contributed by atoms with Gasteiger partial charge in [-0.05, 0) is 18.3 Å². The number of amides is 1. The van der Waals surface area contributed by atoms with E-state index in [1.54, 1.807) is 0 Å². The van der Waals surface area contributed by atoms with E-state index in [4.69, 9.17) is 0 Å². The second-order valence-corrected chi connectivity index (χ2v) is 7.71. The van der Waals surface area contributed by atoms with Crippen LogP contribution in [0.1, 0.15) is 20.3 Å². The second-order valence-electron chi connectivity index (χ2n) is 6.76. The minimum Gasteiger partial charge on any atom is -0.341 e. The summed E-state index contributed by atoms with van der Waals surface area (Å²) in [5.41, 5.74) is 1.03. The third-order valence-electron chi connectivity index (χ3n) is 4.41. The Hall–Kier alpha value is -1.82. The first-order chi connectivity index (χ1) is 11.5. The van der Waals surface area contributed by atoms with Crippen molar-refractivity contribution < 1.29 is 4.79 Å². The summed E-state index contributed by atoms with van der Waals surface area (Å²) in [6.45, 7) is 6.19. The van der Waals surface area contributed by atoms with Crippen LogP contribution in [-0.2, 0) is 11.8 Å². The first-order valence-corrected chi connectivity index (χ1v) is 9.38. The second kappa shape index (κ2) is 7.38. The molecule has 1 aromatic carbocycles. The van der Waals surface area contributed by atoms with Gasteiger partial charge in [-0.1, -0.05) is 55.9 Å². The molecule has 3 rings (SSSR count). The number of carbonyl (C=O) groups is 1. The van der Waals surface area contributed by atoms with Gasteiger partial charge in [-0.15, -0.1) is 10.2 Å². The largest absolute Gasteiger partial charge is 0.341 e. The number of aromatic nitrogens is 3. The number of piperidine rings is 1. The van der Waals surface area contributed by atoms with Gasteiger partial charge in [0, 0.05) is 25.7 Å². The fourth-order valence-corrected chi connectivity index (χ4v) is 4.18. The molecule has 1 saturated heterocycles. The number of hydrogen-bond acceptors (Lipinski definition) is 4. The van der Waals surface area contributed by atoms with Crippen molar-refractivity contribution in [3.05, 3.63) is 30.3 Å². The zero-order valence-electron chi connectivity index (χ0n) is 14.5. The van der Waals surface area contributed by atoms with E-state index < -0.39 is 0 Å². The van der Waals surface area contributed by atoms with E-state index in [1.165, 1.54) is 18.2 Å². The average Bonchev–Trinajstić information content (AvgIpc) is 2.93. The topological polar surface area (TPSA) is 51.0 Å². The molecule has 1 aliphatic rings. The summed E-state index contributed by atoms with van der Waals surface area (Å²) in [6, 6.07) is 9.98. The number of carbonyl (C=O) groups excluding carboxylic acids is 1. The van der Waals surface area contributed by atoms with Crippen LogP contribution in [0, 0.1) is 11.8 Å². The molecule has 1 amide bonds. The lowest BCUT2D eigenvalue weighted by molar-refractivity contribution is -0.130. The maximum absolute atomic E-state index is 12.5. The van der Waals surface area contributed by atoms with E-state index in [0.29, 0.717) is 17.6 Å². The predicted octanol–water partition coefficient (Wildman–Crippen LogP) is 3.08. The van der Waals surface area contributed by atoms with Crippen molar-refractivity contribution in [1.29, 1.82) is 0 Å². The summed E-state index contributed by atoms with van der Waals surface area (Å²) in [6.07, 6.45) is 1.21. The first-order valence-electron chi connectivity index (χ1n) is 8.40. The van der Waals surface area contributed by atoms with Gasteiger partial charge in [-0.2, -0.15) is 0 Å². The maximum Gasteiger partial charge on any atom is 0.233 e. The molecule has 0 saturated carbocycles. The summed E-state index contributed by atoms with van der Waals surface area (Å²) in [7, 11) is 1.94. The Balaban J connectivity index is 1.63. The summed E-state index contributed by atoms with van der Waals surface area (Å²) in [5.74, 6) is 2.61. The molecule has 2 heterocycles. The molecule has 6 heteroatoms. The Morgan fingerprint density at radius 1 is 1.17 bits per heavy atom. The Morgan fingerprint density at radius 2 is 1.83 bits per heavy atom. The molecule has 0 spiro atoms. The Kier molecular flexibility index (Phi) is 5.23. The van der Waals surface area contributed by atoms with Crippen LogP contribution in [0.2, 0.25) is 0 Å². The normalized spacial score (nSPS) is 21.0. The van der Waals surface area contributed by atoms with Gasteiger partial charge in [0.05, 0.1) is 5.75 Å². The van der Waals surface area contributed by atoms with Gasteiger partial charge in [-0.25, -0.2) is 0 Å². The van der Waals surface area contributed by atoms with Crippen molar-refractivity contribution in [1.82, 2.24) is 19.7 Å². The van der Waals surface area contributed by atoms with Gasteiger partial charge in [0.2, 0.25) is 5.91 Å². The molecule has 5 nitrogen and oxygen atoms in total. The Labute approximate surface area is 147 Å². The van der Waals surface area contributed by atoms with Gasteiger partial charge in [-0.3, -0.25) is 4.79 Å². The van der Waals surface area contributed by atoms with Crippen LogP contribution in [-0.4, -0.2) is 44.4 Å². The van der Waals surface area contributed by atoms with Crippen LogP contribution in [0.15, 0.2) is 35.5 Å². The third-order valence-corrected chi connectivity index (χ3v) is 5.42. The summed E-state index contributed by atoms with van der Waals surface area (Å²) < 4.78 is 1.95. The lowest BCUT2D eigenvalue weighted by Gasteiger charge is -2.34. The van der Waals surface area contributed by atoms with E-state index in [1.807, 2.05) is 46.8 Å². The molecule has 1 fully saturated rings. The molecule has 0 unspecified atom stereocenters. The molecule has 1 aromatic heterocycles. The molecule has 2 atom stereocenters. The van der Waals surface area contributed by atoms with Crippen molar-refractivity contribution >= 4 is 17.7 Å². The van der Waals surface area contributed by atoms with Crippen LogP contribution < -0.4 is 0 Å². The highest BCUT2D eigenvalue weighted by Crippen LogP contribution is 2.25. The zero-order valence-corrected chi connectivity index (χ0v) is 15.3. The molecule has 0 bridgehead atoms. The van der Waals surface area contributed by atoms with E-state index in [9.17, 15) is 4.79 Å². The number of nitrogens with zero attached hydrogens (tertiary/aromatic N) is 4. The van der Waals surface area contributed by atoms with Gasteiger partial charge >= 0.3 is 0 Å². The van der Waals surface area contributed by atoms with Gasteiger partial charge in [0.1, 0.15) is 0 Å². The van der Waals surface area contributed by atoms with E-state index in [-0.39, 0.29) is 5.91 Å². The fourth-order valence-electron chi connectivity index (χ4n) is 3.36. The highest BCUT2D eigenvalue weighted by Gasteiger charge is 2.25. The average molecular weight is 344 g/mol. The minimum absolute atomic E-state index is 0.197. The monoisotopic (exact) mass is 344 g/mol. The fraction of sp³-hybridized carbons (Fsp3) is 0.500. The molecule has 2 aromatic rings. The molecule has 0 N–H and O–H groups in total. The van der Waals surface area contributed by atoms with Crippen molar-refractivity contribution in [2.24, 2.45) is 18.9 Å². The quantitative estimate of drug-likeness (QED) is 0.800. The van der Waals surface area contributed by atoms with E-state index in [2.05, 4.69) is 24.0 Å². The van der Waals surface area contributed by atoms with Crippen molar-refractivity contribution in [3.63, 3.8) is 0 Å². The Morgan fingerprint density at radius 3 is 2.50 bits per heavy atom. The first kappa shape index (κ1) is 17.0. The molecule has 0 radical (unpaired) electrons. The standard InChI is InChI=1S/C18H24N4OS/c1-13-9-14(2)11-22(10-13)16(23)12-24-18-20-19-17(21(18)3)15-7-5-4-6-8-15/h4-8,13-14H,9-12H2,1-3H3/t13-,14+. The van der Waals surface area contributed by atoms with Crippen molar-refractivity contribution in [3.8, 4) is 11.4 Å². The number of likely N-dealkylation sites (tertiary alicyclic amines) is 1. The van der Waals surface area contributed by atoms with Crippen molar-refractivity contribution in [2.45, 2.75) is 25.4 Å². The summed E-state index contributed by atoms with van der Waals surface area (Å²) in [4.78, 5) is 14.5. The maximum atomic E-state index is 12.5. The number of thioether (sulfide) groups is 1. The van der Waals surface area contributed by atoms with Gasteiger partial charge < -0.3 is 9.47 Å². The highest BCUT2D eigenvalue weighted by molar-refractivity contribution is 7.99. The SMILES string of the molecule is C[C@@H]1C[C@H](C)CN(C(=O)CSc2nnc(-c3ccccc3)n2C)C1. The molecular weight excluding hydrogens is 320 g/mol. The molecule has 24 heavy (non-hydrogen) atoms. The predicted molar refractivity (Wildman–Crippen MR) is 96.7 cm³/mol. The summed E-state index contributed by atoms with van der Waals surface area (Å²) in [5, 5.41) is 9.29. The molecular formula is C18H24N4OS. The van der Waals surface area contributed by atoms with Crippen LogP contribution >= 0.6 is 11.8 Å². The van der Waals surface area contributed by atoms with E-state index >= 15 is 0 Å². The van der Waals surface area contributed by atoms with Gasteiger partial charge in [0.25, 0.3) is 0 Å². The van der Waals surface area contributed by atoms with Gasteiger partial charge in [0.15, 0.2) is 11.0 Å². The Bertz CT molecular complexity index is 690. The third kappa shape index (κ3) is 3.80. The van der Waals surface area contributed by atoms with Crippen molar-refractivity contribution in [2.75, 3.05) is 18.8 Å². The van der Waals surface area contributed by atoms with Crippen LogP contribution in [0.5, 0.6) is 0 Å². The smallest absolute Gasteiger partial charge is 0.233 e. The minimum atomic E-state index is 0.197. The number of rotatable bonds is 4. The zero-order chi connectivity index (χ0) is 17.1. The van der Waals surface area contributed by atoms with E-state index in [0.717, 1.165) is 29.6 Å². The lowest BCUT2D eigenvalue weighted by atomic mass is 9.92. The molecule has 1 aliphatic heterocycles. The number of hydrogen-bond donors (Lipinski definition) is 0. The summed E-state index contributed by atoms with van der Waals surface area (Å²) >= 11 is 1.46. The molecule has 128 valence electrons. The van der Waals surface area contributed by atoms with Crippen LogP contribution in [0.25, 0.3) is 11.4 Å². The highest BCUT2D eigenvalue weighted by atomic mass is 32.2. The van der Waals surface area contributed by atoms with Crippen LogP contribution in [0.3, 0.4) is 0 Å².